The molecule has 0 radical (unpaired) electrons. The average molecular weight is 326 g/mol. The van der Waals surface area contributed by atoms with Crippen LogP contribution < -0.4 is 0 Å². The van der Waals surface area contributed by atoms with Crippen molar-refractivity contribution in [2.45, 2.75) is 52.4 Å². The van der Waals surface area contributed by atoms with E-state index in [2.05, 4.69) is 20.8 Å². The highest BCUT2D eigenvalue weighted by Crippen LogP contribution is 2.36. The molecule has 24 heavy (non-hydrogen) atoms. The van der Waals surface area contributed by atoms with Crippen LogP contribution in [0.5, 0.6) is 5.75 Å². The predicted octanol–water partition coefficient (Wildman–Crippen LogP) is 5.35. The second-order valence-corrected chi connectivity index (χ2v) is 8.30. The average Bonchev–Trinajstić information content (AvgIpc) is 2.45. The van der Waals surface area contributed by atoms with Gasteiger partial charge in [0.1, 0.15) is 5.75 Å². The minimum absolute atomic E-state index is 0.173. The molecule has 0 atom stereocenters. The minimum atomic E-state index is -0.910. The number of aromatic hydroxyl groups is 1. The third kappa shape index (κ3) is 3.61. The SMILES string of the molecule is CC(C)(C)c1cc(-c2ccc(C(=O)O)c(C(C)(C)C)c2)ccc1O. The molecular formula is C21H26O3. The Kier molecular flexibility index (Phi) is 4.49. The fourth-order valence-electron chi connectivity index (χ4n) is 2.85. The number of hydrogen-bond acceptors (Lipinski definition) is 2. The number of phenolic OH excluding ortho intramolecular Hbond substituents is 1. The van der Waals surface area contributed by atoms with Crippen molar-refractivity contribution in [2.24, 2.45) is 0 Å². The van der Waals surface area contributed by atoms with Crippen molar-refractivity contribution in [1.29, 1.82) is 0 Å². The van der Waals surface area contributed by atoms with Crippen LogP contribution in [-0.4, -0.2) is 16.2 Å². The number of carbonyl (C=O) groups is 1. The lowest BCUT2D eigenvalue weighted by Crippen LogP contribution is -2.17. The van der Waals surface area contributed by atoms with Gasteiger partial charge in [-0.2, -0.15) is 0 Å². The molecule has 3 nitrogen and oxygen atoms in total. The highest BCUT2D eigenvalue weighted by Gasteiger charge is 2.23. The summed E-state index contributed by atoms with van der Waals surface area (Å²) in [7, 11) is 0. The van der Waals surface area contributed by atoms with Gasteiger partial charge in [0, 0.05) is 0 Å². The van der Waals surface area contributed by atoms with Gasteiger partial charge in [-0.3, -0.25) is 0 Å². The number of phenols is 1. The van der Waals surface area contributed by atoms with Crippen LogP contribution in [0.2, 0.25) is 0 Å². The monoisotopic (exact) mass is 326 g/mol. The first kappa shape index (κ1) is 18.1. The number of hydrogen-bond donors (Lipinski definition) is 2. The molecule has 128 valence electrons. The Hall–Kier alpha value is -2.29. The zero-order valence-electron chi connectivity index (χ0n) is 15.3. The van der Waals surface area contributed by atoms with Crippen molar-refractivity contribution < 1.29 is 15.0 Å². The quantitative estimate of drug-likeness (QED) is 0.782. The lowest BCUT2D eigenvalue weighted by molar-refractivity contribution is 0.0694. The predicted molar refractivity (Wildman–Crippen MR) is 97.9 cm³/mol. The molecule has 0 aliphatic carbocycles. The third-order valence-electron chi connectivity index (χ3n) is 4.20. The van der Waals surface area contributed by atoms with Gasteiger partial charge in [0.2, 0.25) is 0 Å². The molecule has 0 saturated carbocycles. The summed E-state index contributed by atoms with van der Waals surface area (Å²) >= 11 is 0. The Morgan fingerprint density at radius 1 is 0.792 bits per heavy atom. The number of carboxylic acids is 1. The Bertz CT molecular complexity index is 775. The zero-order chi connectivity index (χ0) is 18.3. The first-order chi connectivity index (χ1) is 10.9. The largest absolute Gasteiger partial charge is 0.508 e. The fraction of sp³-hybridized carbons (Fsp3) is 0.381. The highest BCUT2D eigenvalue weighted by atomic mass is 16.4. The van der Waals surface area contributed by atoms with E-state index in [4.69, 9.17) is 0 Å². The van der Waals surface area contributed by atoms with Gasteiger partial charge in [0.25, 0.3) is 0 Å². The maximum Gasteiger partial charge on any atom is 0.335 e. The maximum atomic E-state index is 11.5. The third-order valence-corrected chi connectivity index (χ3v) is 4.20. The van der Waals surface area contributed by atoms with Gasteiger partial charge in [-0.05, 0) is 57.3 Å². The zero-order valence-corrected chi connectivity index (χ0v) is 15.3. The van der Waals surface area contributed by atoms with Crippen molar-refractivity contribution in [3.63, 3.8) is 0 Å². The molecule has 2 N–H and O–H groups in total. The van der Waals surface area contributed by atoms with Gasteiger partial charge in [-0.1, -0.05) is 53.7 Å². The van der Waals surface area contributed by atoms with Crippen molar-refractivity contribution >= 4 is 5.97 Å². The molecule has 0 aliphatic heterocycles. The normalized spacial score (nSPS) is 12.2. The molecule has 0 fully saturated rings. The minimum Gasteiger partial charge on any atom is -0.508 e. The van der Waals surface area contributed by atoms with E-state index >= 15 is 0 Å². The van der Waals surface area contributed by atoms with Crippen molar-refractivity contribution in [2.75, 3.05) is 0 Å². The molecule has 0 spiro atoms. The highest BCUT2D eigenvalue weighted by molar-refractivity contribution is 5.91. The summed E-state index contributed by atoms with van der Waals surface area (Å²) in [5.74, 6) is -0.628. The molecule has 0 saturated heterocycles. The molecule has 0 bridgehead atoms. The lowest BCUT2D eigenvalue weighted by atomic mass is 9.81. The van der Waals surface area contributed by atoms with Gasteiger partial charge in [0.15, 0.2) is 0 Å². The van der Waals surface area contributed by atoms with E-state index in [0.29, 0.717) is 5.56 Å². The fourth-order valence-corrected chi connectivity index (χ4v) is 2.85. The van der Waals surface area contributed by atoms with Crippen LogP contribution in [0, 0.1) is 0 Å². The van der Waals surface area contributed by atoms with Crippen molar-refractivity contribution in [3.05, 3.63) is 53.1 Å². The molecule has 2 aromatic carbocycles. The van der Waals surface area contributed by atoms with Crippen LogP contribution in [0.1, 0.15) is 63.0 Å². The molecule has 0 amide bonds. The Morgan fingerprint density at radius 3 is 1.71 bits per heavy atom. The molecule has 0 unspecified atom stereocenters. The van der Waals surface area contributed by atoms with Crippen LogP contribution in [-0.2, 0) is 10.8 Å². The summed E-state index contributed by atoms with van der Waals surface area (Å²) < 4.78 is 0. The molecular weight excluding hydrogens is 300 g/mol. The van der Waals surface area contributed by atoms with Crippen molar-refractivity contribution in [3.8, 4) is 16.9 Å². The second kappa shape index (κ2) is 5.97. The second-order valence-electron chi connectivity index (χ2n) is 8.30. The smallest absolute Gasteiger partial charge is 0.335 e. The number of aromatic carboxylic acids is 1. The first-order valence-corrected chi connectivity index (χ1v) is 8.13. The number of carboxylic acid groups (broad SMARTS) is 1. The molecule has 0 aliphatic rings. The standard InChI is InChI=1S/C21H26O3/c1-20(2,3)16-11-13(7-9-15(16)19(23)24)14-8-10-18(22)17(12-14)21(4,5)6/h7-12,22H,1-6H3,(H,23,24). The number of rotatable bonds is 2. The van der Waals surface area contributed by atoms with E-state index in [9.17, 15) is 15.0 Å². The van der Waals surface area contributed by atoms with Gasteiger partial charge in [-0.15, -0.1) is 0 Å². The van der Waals surface area contributed by atoms with E-state index < -0.39 is 5.97 Å². The summed E-state index contributed by atoms with van der Waals surface area (Å²) in [5, 5.41) is 19.6. The molecule has 3 heteroatoms. The van der Waals surface area contributed by atoms with Crippen LogP contribution in [0.3, 0.4) is 0 Å². The number of benzene rings is 2. The summed E-state index contributed by atoms with van der Waals surface area (Å²) in [6.45, 7) is 12.2. The summed E-state index contributed by atoms with van der Waals surface area (Å²) in [4.78, 5) is 11.5. The Balaban J connectivity index is 2.64. The lowest BCUT2D eigenvalue weighted by Gasteiger charge is -2.24. The van der Waals surface area contributed by atoms with Crippen LogP contribution >= 0.6 is 0 Å². The maximum absolute atomic E-state index is 11.5. The van der Waals surface area contributed by atoms with Crippen LogP contribution in [0.15, 0.2) is 36.4 Å². The Morgan fingerprint density at radius 2 is 1.25 bits per heavy atom. The van der Waals surface area contributed by atoms with E-state index in [0.717, 1.165) is 22.3 Å². The van der Waals surface area contributed by atoms with Gasteiger partial charge in [-0.25, -0.2) is 4.79 Å². The van der Waals surface area contributed by atoms with Crippen molar-refractivity contribution in [1.82, 2.24) is 0 Å². The van der Waals surface area contributed by atoms with Gasteiger partial charge in [0.05, 0.1) is 5.56 Å². The topological polar surface area (TPSA) is 57.5 Å². The molecule has 0 heterocycles. The summed E-state index contributed by atoms with van der Waals surface area (Å²) in [5.41, 5.74) is 3.50. The molecule has 2 rings (SSSR count). The van der Waals surface area contributed by atoms with E-state index in [1.165, 1.54) is 0 Å². The molecule has 0 aromatic heterocycles. The van der Waals surface area contributed by atoms with E-state index in [1.807, 2.05) is 45.0 Å². The van der Waals surface area contributed by atoms with Gasteiger partial charge < -0.3 is 10.2 Å². The van der Waals surface area contributed by atoms with Crippen LogP contribution in [0.25, 0.3) is 11.1 Å². The summed E-state index contributed by atoms with van der Waals surface area (Å²) in [6, 6.07) is 11.0. The van der Waals surface area contributed by atoms with Gasteiger partial charge >= 0.3 is 5.97 Å². The summed E-state index contributed by atoms with van der Waals surface area (Å²) in [6.07, 6.45) is 0. The molecule has 2 aromatic rings. The van der Waals surface area contributed by atoms with Crippen LogP contribution in [0.4, 0.5) is 0 Å². The first-order valence-electron chi connectivity index (χ1n) is 8.13. The van der Waals surface area contributed by atoms with E-state index in [-0.39, 0.29) is 16.6 Å². The van der Waals surface area contributed by atoms with E-state index in [1.54, 1.807) is 12.1 Å². The Labute approximate surface area is 144 Å².